The van der Waals surface area contributed by atoms with E-state index in [0.717, 1.165) is 21.1 Å². The fourth-order valence-corrected chi connectivity index (χ4v) is 2.14. The zero-order chi connectivity index (χ0) is 13.1. The summed E-state index contributed by atoms with van der Waals surface area (Å²) < 4.78 is 0.928. The summed E-state index contributed by atoms with van der Waals surface area (Å²) in [6.45, 7) is 0. The maximum absolute atomic E-state index is 12.3. The molecule has 0 unspecified atom stereocenters. The lowest BCUT2D eigenvalue weighted by Crippen LogP contribution is -1.99. The van der Waals surface area contributed by atoms with Crippen molar-refractivity contribution in [2.24, 2.45) is 0 Å². The highest BCUT2D eigenvalue weighted by Crippen LogP contribution is 2.24. The van der Waals surface area contributed by atoms with Gasteiger partial charge in [0.05, 0.1) is 5.39 Å². The highest BCUT2D eigenvalue weighted by molar-refractivity contribution is 5.91. The van der Waals surface area contributed by atoms with Crippen LogP contribution in [0.5, 0.6) is 0 Å². The van der Waals surface area contributed by atoms with Crippen LogP contribution < -0.4 is 0 Å². The molecule has 0 N–H and O–H groups in total. The van der Waals surface area contributed by atoms with Crippen molar-refractivity contribution in [3.63, 3.8) is 0 Å². The average molecular weight is 247 g/mol. The summed E-state index contributed by atoms with van der Waals surface area (Å²) in [5.41, 5.74) is 1.56. The van der Waals surface area contributed by atoms with Crippen LogP contribution in [0.3, 0.4) is 0 Å². The molecular weight excluding hydrogens is 234 g/mol. The van der Waals surface area contributed by atoms with Crippen LogP contribution in [0.25, 0.3) is 10.8 Å². The van der Waals surface area contributed by atoms with E-state index >= 15 is 0 Å². The van der Waals surface area contributed by atoms with Crippen molar-refractivity contribution in [1.29, 1.82) is 0 Å². The molecule has 2 heteroatoms. The minimum Gasteiger partial charge on any atom is -0.618 e. The van der Waals surface area contributed by atoms with Gasteiger partial charge in [-0.15, -0.1) is 0 Å². The Labute approximate surface area is 111 Å². The summed E-state index contributed by atoms with van der Waals surface area (Å²) in [7, 11) is 0. The van der Waals surface area contributed by atoms with Crippen molar-refractivity contribution in [2.45, 2.75) is 0 Å². The van der Waals surface area contributed by atoms with Gasteiger partial charge < -0.3 is 5.21 Å². The Morgan fingerprint density at radius 3 is 2.26 bits per heavy atom. The van der Waals surface area contributed by atoms with Crippen LogP contribution in [0.2, 0.25) is 0 Å². The lowest BCUT2D eigenvalue weighted by Gasteiger charge is -2.06. The molecule has 0 atom stereocenters. The van der Waals surface area contributed by atoms with E-state index in [1.54, 1.807) is 6.21 Å². The van der Waals surface area contributed by atoms with E-state index in [-0.39, 0.29) is 0 Å². The molecule has 3 aromatic carbocycles. The highest BCUT2D eigenvalue weighted by Gasteiger charge is 2.07. The standard InChI is InChI=1S/C17H13NO/c19-18(13-14-7-2-1-3-8-14)17-12-6-10-15-9-4-5-11-16(15)17/h1-13H. The molecule has 0 radical (unpaired) electrons. The third kappa shape index (κ3) is 2.33. The predicted molar refractivity (Wildman–Crippen MR) is 78.8 cm³/mol. The molecule has 0 saturated heterocycles. The summed E-state index contributed by atoms with van der Waals surface area (Å²) in [5.74, 6) is 0. The molecule has 92 valence electrons. The van der Waals surface area contributed by atoms with Gasteiger partial charge in [0.1, 0.15) is 0 Å². The summed E-state index contributed by atoms with van der Waals surface area (Å²) in [6, 6.07) is 23.3. The minimum atomic E-state index is 0.668. The zero-order valence-electron chi connectivity index (χ0n) is 10.4. The molecule has 0 aliphatic carbocycles. The van der Waals surface area contributed by atoms with E-state index in [1.165, 1.54) is 0 Å². The van der Waals surface area contributed by atoms with Gasteiger partial charge in [0, 0.05) is 11.6 Å². The first-order valence-corrected chi connectivity index (χ1v) is 6.19. The van der Waals surface area contributed by atoms with E-state index in [0.29, 0.717) is 5.69 Å². The van der Waals surface area contributed by atoms with Gasteiger partial charge in [-0.1, -0.05) is 48.5 Å². The molecular formula is C17H13NO. The van der Waals surface area contributed by atoms with Gasteiger partial charge in [0.15, 0.2) is 6.21 Å². The molecule has 2 nitrogen and oxygen atoms in total. The van der Waals surface area contributed by atoms with Crippen molar-refractivity contribution in [2.75, 3.05) is 0 Å². The number of rotatable bonds is 2. The Morgan fingerprint density at radius 1 is 0.737 bits per heavy atom. The van der Waals surface area contributed by atoms with E-state index in [1.807, 2.05) is 72.8 Å². The molecule has 0 aliphatic heterocycles. The molecule has 0 fully saturated rings. The molecule has 3 rings (SSSR count). The van der Waals surface area contributed by atoms with Gasteiger partial charge in [0.25, 0.3) is 0 Å². The lowest BCUT2D eigenvalue weighted by molar-refractivity contribution is -0.352. The van der Waals surface area contributed by atoms with E-state index in [4.69, 9.17) is 0 Å². The quantitative estimate of drug-likeness (QED) is 0.290. The van der Waals surface area contributed by atoms with E-state index in [9.17, 15) is 5.21 Å². The Bertz CT molecular complexity index is 727. The number of nitrogens with zero attached hydrogens (tertiary/aromatic N) is 1. The molecule has 19 heavy (non-hydrogen) atoms. The Balaban J connectivity index is 2.12. The van der Waals surface area contributed by atoms with Crippen LogP contribution in [0.4, 0.5) is 5.69 Å². The predicted octanol–water partition coefficient (Wildman–Crippen LogP) is 4.10. The van der Waals surface area contributed by atoms with Gasteiger partial charge >= 0.3 is 0 Å². The minimum absolute atomic E-state index is 0.668. The fourth-order valence-electron chi connectivity index (χ4n) is 2.14. The summed E-state index contributed by atoms with van der Waals surface area (Å²) in [6.07, 6.45) is 1.60. The number of fused-ring (bicyclic) bond motifs is 1. The van der Waals surface area contributed by atoms with Crippen LogP contribution in [0, 0.1) is 5.21 Å². The molecule has 0 bridgehead atoms. The average Bonchev–Trinajstić information content (AvgIpc) is 2.47. The third-order valence-electron chi connectivity index (χ3n) is 3.07. The van der Waals surface area contributed by atoms with Crippen molar-refractivity contribution < 1.29 is 4.74 Å². The van der Waals surface area contributed by atoms with E-state index in [2.05, 4.69) is 0 Å². The highest BCUT2D eigenvalue weighted by atomic mass is 16.5. The summed E-state index contributed by atoms with van der Waals surface area (Å²) in [4.78, 5) is 0. The molecule has 0 aromatic heterocycles. The maximum atomic E-state index is 12.3. The normalized spacial score (nSPS) is 11.7. The second kappa shape index (κ2) is 4.94. The summed E-state index contributed by atoms with van der Waals surface area (Å²) >= 11 is 0. The molecule has 0 amide bonds. The van der Waals surface area contributed by atoms with Crippen LogP contribution in [-0.4, -0.2) is 11.0 Å². The number of benzene rings is 3. The monoisotopic (exact) mass is 247 g/mol. The van der Waals surface area contributed by atoms with Crippen molar-refractivity contribution >= 4 is 22.7 Å². The van der Waals surface area contributed by atoms with Gasteiger partial charge in [-0.05, 0) is 23.6 Å². The van der Waals surface area contributed by atoms with Crippen molar-refractivity contribution in [1.82, 2.24) is 0 Å². The smallest absolute Gasteiger partial charge is 0.224 e. The first kappa shape index (κ1) is 11.5. The molecule has 0 aliphatic rings. The molecule has 3 aromatic rings. The number of hydrogen-bond donors (Lipinski definition) is 0. The zero-order valence-corrected chi connectivity index (χ0v) is 10.4. The second-order valence-electron chi connectivity index (χ2n) is 4.36. The third-order valence-corrected chi connectivity index (χ3v) is 3.07. The largest absolute Gasteiger partial charge is 0.618 e. The van der Waals surface area contributed by atoms with Crippen LogP contribution in [0.15, 0.2) is 72.8 Å². The lowest BCUT2D eigenvalue weighted by atomic mass is 10.1. The summed E-state index contributed by atoms with van der Waals surface area (Å²) in [5, 5.41) is 14.3. The van der Waals surface area contributed by atoms with Gasteiger partial charge in [-0.3, -0.25) is 0 Å². The first-order valence-electron chi connectivity index (χ1n) is 6.19. The Kier molecular flexibility index (Phi) is 2.99. The van der Waals surface area contributed by atoms with Crippen molar-refractivity contribution in [3.8, 4) is 0 Å². The van der Waals surface area contributed by atoms with Crippen LogP contribution >= 0.6 is 0 Å². The molecule has 0 heterocycles. The Hall–Kier alpha value is -2.61. The molecule has 0 saturated carbocycles. The Morgan fingerprint density at radius 2 is 1.42 bits per heavy atom. The van der Waals surface area contributed by atoms with Gasteiger partial charge in [-0.2, -0.15) is 4.74 Å². The molecule has 0 spiro atoms. The maximum Gasteiger partial charge on any atom is 0.224 e. The fraction of sp³-hybridized carbons (Fsp3) is 0. The van der Waals surface area contributed by atoms with Gasteiger partial charge in [-0.25, -0.2) is 0 Å². The van der Waals surface area contributed by atoms with E-state index < -0.39 is 0 Å². The second-order valence-corrected chi connectivity index (χ2v) is 4.36. The number of hydrogen-bond acceptors (Lipinski definition) is 1. The van der Waals surface area contributed by atoms with Crippen molar-refractivity contribution in [3.05, 3.63) is 83.6 Å². The van der Waals surface area contributed by atoms with Crippen LogP contribution in [-0.2, 0) is 0 Å². The van der Waals surface area contributed by atoms with Gasteiger partial charge in [0.2, 0.25) is 5.69 Å². The topological polar surface area (TPSA) is 26.1 Å². The van der Waals surface area contributed by atoms with Crippen LogP contribution in [0.1, 0.15) is 5.56 Å². The SMILES string of the molecule is [O-][N+](=Cc1ccccc1)c1cccc2ccccc12. The first-order chi connectivity index (χ1) is 9.34.